The molecule has 7 heteroatoms. The molecule has 3 aromatic rings. The van der Waals surface area contributed by atoms with Crippen LogP contribution in [0.5, 0.6) is 0 Å². The maximum atomic E-state index is 12.4. The van der Waals surface area contributed by atoms with E-state index in [1.165, 1.54) is 11.3 Å². The number of carbonyl (C=O) groups is 1. The summed E-state index contributed by atoms with van der Waals surface area (Å²) >= 11 is 1.51. The molecule has 4 rings (SSSR count). The van der Waals surface area contributed by atoms with Gasteiger partial charge in [0.2, 0.25) is 0 Å². The Balaban J connectivity index is 1.35. The van der Waals surface area contributed by atoms with E-state index >= 15 is 0 Å². The molecule has 0 saturated heterocycles. The van der Waals surface area contributed by atoms with Gasteiger partial charge in [0.15, 0.2) is 0 Å². The smallest absolute Gasteiger partial charge is 0.261 e. The molecular weight excluding hydrogens is 346 g/mol. The van der Waals surface area contributed by atoms with E-state index in [4.69, 9.17) is 0 Å². The molecule has 26 heavy (non-hydrogen) atoms. The van der Waals surface area contributed by atoms with Crippen molar-refractivity contribution in [1.29, 1.82) is 0 Å². The molecule has 0 spiro atoms. The molecule has 0 radical (unpaired) electrons. The monoisotopic (exact) mass is 367 g/mol. The van der Waals surface area contributed by atoms with Gasteiger partial charge in [-0.05, 0) is 55.7 Å². The van der Waals surface area contributed by atoms with Crippen LogP contribution in [-0.2, 0) is 0 Å². The van der Waals surface area contributed by atoms with Gasteiger partial charge in [0.05, 0.1) is 22.8 Å². The number of aryl methyl sites for hydroxylation is 1. The van der Waals surface area contributed by atoms with Crippen molar-refractivity contribution in [1.82, 2.24) is 25.1 Å². The zero-order valence-electron chi connectivity index (χ0n) is 14.6. The number of rotatable bonds is 4. The van der Waals surface area contributed by atoms with Crippen LogP contribution in [0.1, 0.15) is 47.0 Å². The van der Waals surface area contributed by atoms with E-state index in [-0.39, 0.29) is 11.9 Å². The summed E-state index contributed by atoms with van der Waals surface area (Å²) < 4.78 is 2.04. The van der Waals surface area contributed by atoms with E-state index in [9.17, 15) is 4.79 Å². The highest BCUT2D eigenvalue weighted by Gasteiger charge is 2.25. The second-order valence-corrected chi connectivity index (χ2v) is 7.63. The summed E-state index contributed by atoms with van der Waals surface area (Å²) in [7, 11) is 0. The molecule has 3 aromatic heterocycles. The lowest BCUT2D eigenvalue weighted by Gasteiger charge is -2.29. The number of nitrogens with one attached hydrogen (secondary N) is 1. The van der Waals surface area contributed by atoms with Crippen molar-refractivity contribution >= 4 is 17.2 Å². The summed E-state index contributed by atoms with van der Waals surface area (Å²) in [6.07, 6.45) is 11.2. The fourth-order valence-corrected chi connectivity index (χ4v) is 4.30. The Kier molecular flexibility index (Phi) is 4.79. The fraction of sp³-hybridized carbons (Fsp3) is 0.368. The second kappa shape index (κ2) is 7.37. The van der Waals surface area contributed by atoms with Crippen LogP contribution in [0.2, 0.25) is 0 Å². The lowest BCUT2D eigenvalue weighted by atomic mass is 9.91. The van der Waals surface area contributed by atoms with Gasteiger partial charge >= 0.3 is 0 Å². The molecule has 1 saturated carbocycles. The maximum Gasteiger partial charge on any atom is 0.261 e. The molecule has 1 N–H and O–H groups in total. The van der Waals surface area contributed by atoms with Crippen LogP contribution in [0, 0.1) is 6.92 Å². The van der Waals surface area contributed by atoms with Crippen molar-refractivity contribution in [2.75, 3.05) is 0 Å². The van der Waals surface area contributed by atoms with Gasteiger partial charge in [-0.25, -0.2) is 9.97 Å². The molecule has 134 valence electrons. The Morgan fingerprint density at radius 3 is 2.81 bits per heavy atom. The molecule has 0 aromatic carbocycles. The third-order valence-electron chi connectivity index (χ3n) is 4.95. The molecule has 1 fully saturated rings. The molecule has 0 aliphatic heterocycles. The van der Waals surface area contributed by atoms with Gasteiger partial charge < -0.3 is 5.32 Å². The topological polar surface area (TPSA) is 72.7 Å². The Bertz CT molecular complexity index is 880. The van der Waals surface area contributed by atoms with Crippen LogP contribution >= 0.6 is 11.3 Å². The Morgan fingerprint density at radius 2 is 2.12 bits per heavy atom. The number of hydrogen-bond acceptors (Lipinski definition) is 5. The van der Waals surface area contributed by atoms with E-state index in [0.29, 0.717) is 6.04 Å². The van der Waals surface area contributed by atoms with Crippen LogP contribution < -0.4 is 5.32 Å². The zero-order valence-corrected chi connectivity index (χ0v) is 15.4. The Labute approximate surface area is 156 Å². The number of amides is 1. The van der Waals surface area contributed by atoms with E-state index < -0.39 is 0 Å². The van der Waals surface area contributed by atoms with Crippen molar-refractivity contribution in [2.45, 2.75) is 44.7 Å². The van der Waals surface area contributed by atoms with E-state index in [1.54, 1.807) is 12.5 Å². The first-order chi connectivity index (χ1) is 12.7. The minimum absolute atomic E-state index is 0.0612. The molecule has 0 unspecified atom stereocenters. The third-order valence-corrected chi connectivity index (χ3v) is 5.97. The van der Waals surface area contributed by atoms with Crippen LogP contribution in [0.4, 0.5) is 0 Å². The first-order valence-electron chi connectivity index (χ1n) is 8.86. The van der Waals surface area contributed by atoms with Crippen molar-refractivity contribution in [3.8, 4) is 11.3 Å². The SMILES string of the molecule is Cc1ccsc1C(=O)NC1CCC(n2cc(-c3ccncn3)cn2)CC1. The Hall–Kier alpha value is -2.54. The molecule has 0 atom stereocenters. The highest BCUT2D eigenvalue weighted by Crippen LogP contribution is 2.29. The number of aromatic nitrogens is 4. The van der Waals surface area contributed by atoms with Crippen molar-refractivity contribution in [3.63, 3.8) is 0 Å². The zero-order chi connectivity index (χ0) is 17.9. The number of nitrogens with zero attached hydrogens (tertiary/aromatic N) is 4. The van der Waals surface area contributed by atoms with Gasteiger partial charge in [-0.2, -0.15) is 5.10 Å². The normalized spacial score (nSPS) is 20.0. The van der Waals surface area contributed by atoms with Gasteiger partial charge in [0, 0.05) is 24.0 Å². The second-order valence-electron chi connectivity index (χ2n) is 6.72. The molecule has 3 heterocycles. The summed E-state index contributed by atoms with van der Waals surface area (Å²) in [5.41, 5.74) is 2.95. The molecular formula is C19H21N5OS. The van der Waals surface area contributed by atoms with Gasteiger partial charge in [-0.15, -0.1) is 11.3 Å². The summed E-state index contributed by atoms with van der Waals surface area (Å²) in [5, 5.41) is 9.68. The predicted molar refractivity (Wildman–Crippen MR) is 101 cm³/mol. The summed E-state index contributed by atoms with van der Waals surface area (Å²) in [6.45, 7) is 1.98. The fourth-order valence-electron chi connectivity index (χ4n) is 3.47. The summed E-state index contributed by atoms with van der Waals surface area (Å²) in [6, 6.07) is 4.50. The molecule has 6 nitrogen and oxygen atoms in total. The van der Waals surface area contributed by atoms with Crippen LogP contribution in [-0.4, -0.2) is 31.7 Å². The standard InChI is InChI=1S/C19H21N5OS/c1-13-7-9-26-18(13)19(25)23-15-2-4-16(5-3-15)24-11-14(10-22-24)17-6-8-20-12-21-17/h6-12,15-16H,2-5H2,1H3,(H,23,25). The number of hydrogen-bond donors (Lipinski definition) is 1. The average Bonchev–Trinajstić information content (AvgIpc) is 3.32. The number of thiophene rings is 1. The summed E-state index contributed by atoms with van der Waals surface area (Å²) in [4.78, 5) is 21.4. The quantitative estimate of drug-likeness (QED) is 0.764. The summed E-state index contributed by atoms with van der Waals surface area (Å²) in [5.74, 6) is 0.0612. The van der Waals surface area contributed by atoms with Crippen LogP contribution in [0.15, 0.2) is 42.4 Å². The maximum absolute atomic E-state index is 12.4. The molecule has 1 aliphatic rings. The van der Waals surface area contributed by atoms with E-state index in [2.05, 4.69) is 26.6 Å². The van der Waals surface area contributed by atoms with Crippen molar-refractivity contribution in [2.24, 2.45) is 0 Å². The largest absolute Gasteiger partial charge is 0.349 e. The lowest BCUT2D eigenvalue weighted by molar-refractivity contribution is 0.0925. The van der Waals surface area contributed by atoms with Crippen molar-refractivity contribution < 1.29 is 4.79 Å². The minimum atomic E-state index is 0.0612. The van der Waals surface area contributed by atoms with E-state index in [1.807, 2.05) is 35.3 Å². The highest BCUT2D eigenvalue weighted by molar-refractivity contribution is 7.12. The number of carbonyl (C=O) groups excluding carboxylic acids is 1. The van der Waals surface area contributed by atoms with E-state index in [0.717, 1.165) is 47.4 Å². The molecule has 1 aliphatic carbocycles. The van der Waals surface area contributed by atoms with Crippen molar-refractivity contribution in [3.05, 3.63) is 52.9 Å². The first-order valence-corrected chi connectivity index (χ1v) is 9.74. The molecule has 1 amide bonds. The average molecular weight is 367 g/mol. The van der Waals surface area contributed by atoms with Crippen LogP contribution in [0.25, 0.3) is 11.3 Å². The van der Waals surface area contributed by atoms with Gasteiger partial charge in [0.25, 0.3) is 5.91 Å². The third kappa shape index (κ3) is 3.53. The Morgan fingerprint density at radius 1 is 1.27 bits per heavy atom. The minimum Gasteiger partial charge on any atom is -0.349 e. The van der Waals surface area contributed by atoms with Crippen LogP contribution in [0.3, 0.4) is 0 Å². The molecule has 0 bridgehead atoms. The van der Waals surface area contributed by atoms with Gasteiger partial charge in [-0.1, -0.05) is 0 Å². The first kappa shape index (κ1) is 16.9. The lowest BCUT2D eigenvalue weighted by Crippen LogP contribution is -2.38. The predicted octanol–water partition coefficient (Wildman–Crippen LogP) is 3.62. The van der Waals surface area contributed by atoms with Gasteiger partial charge in [0.1, 0.15) is 6.33 Å². The van der Waals surface area contributed by atoms with Gasteiger partial charge in [-0.3, -0.25) is 9.48 Å². The highest BCUT2D eigenvalue weighted by atomic mass is 32.1.